The minimum Gasteiger partial charge on any atom is -0.478 e. The van der Waals surface area contributed by atoms with Crippen LogP contribution in [0, 0.1) is 0 Å². The van der Waals surface area contributed by atoms with Gasteiger partial charge in [-0.15, -0.1) is 0 Å². The third-order valence-corrected chi connectivity index (χ3v) is 2.16. The molecule has 4 N–H and O–H groups in total. The Kier molecular flexibility index (Phi) is 9.33. The second-order valence-electron chi connectivity index (χ2n) is 3.76. The Morgan fingerprint density at radius 1 is 1.12 bits per heavy atom. The predicted octanol–water partition coefficient (Wildman–Crippen LogP) is 0.458. The van der Waals surface area contributed by atoms with Gasteiger partial charge in [-0.1, -0.05) is 18.2 Å². The average molecular weight is 244 g/mol. The molecule has 0 saturated carbocycles. The van der Waals surface area contributed by atoms with Gasteiger partial charge >= 0.3 is 5.97 Å². The number of hydrogen-bond acceptors (Lipinski definition) is 4. The average Bonchev–Trinajstić information content (AvgIpc) is 2.23. The molecule has 2 atom stereocenters. The second kappa shape index (κ2) is 10.0. The summed E-state index contributed by atoms with van der Waals surface area (Å²) < 4.78 is 0. The third kappa shape index (κ3) is 11.1. The lowest BCUT2D eigenvalue weighted by Gasteiger charge is -2.13. The van der Waals surface area contributed by atoms with Gasteiger partial charge in [0.2, 0.25) is 0 Å². The van der Waals surface area contributed by atoms with Crippen LogP contribution in [0.15, 0.2) is 24.3 Å². The van der Waals surface area contributed by atoms with Gasteiger partial charge in [0, 0.05) is 12.7 Å². The Morgan fingerprint density at radius 2 is 1.76 bits per heavy atom. The van der Waals surface area contributed by atoms with Crippen molar-refractivity contribution in [2.24, 2.45) is 0 Å². The van der Waals surface area contributed by atoms with Crippen molar-refractivity contribution in [2.45, 2.75) is 37.9 Å². The van der Waals surface area contributed by atoms with E-state index in [1.807, 2.05) is 0 Å². The van der Waals surface area contributed by atoms with Crippen LogP contribution in [0.4, 0.5) is 0 Å². The molecule has 0 bridgehead atoms. The van der Waals surface area contributed by atoms with E-state index in [1.165, 1.54) is 6.08 Å². The molecule has 2 unspecified atom stereocenters. The van der Waals surface area contributed by atoms with Crippen LogP contribution in [-0.4, -0.2) is 45.2 Å². The molecular formula is C12H20O5. The molecule has 0 spiro atoms. The van der Waals surface area contributed by atoms with E-state index >= 15 is 0 Å². The molecule has 17 heavy (non-hydrogen) atoms. The summed E-state index contributed by atoms with van der Waals surface area (Å²) in [6.07, 6.45) is 6.14. The quantitative estimate of drug-likeness (QED) is 0.349. The van der Waals surface area contributed by atoms with Crippen molar-refractivity contribution in [2.75, 3.05) is 6.61 Å². The number of carboxylic acids is 1. The minimum absolute atomic E-state index is 0.0895. The van der Waals surface area contributed by atoms with Gasteiger partial charge in [0.15, 0.2) is 0 Å². The molecule has 0 fully saturated rings. The van der Waals surface area contributed by atoms with Crippen molar-refractivity contribution in [3.8, 4) is 0 Å². The molecular weight excluding hydrogens is 224 g/mol. The number of hydrogen-bond donors (Lipinski definition) is 4. The van der Waals surface area contributed by atoms with Gasteiger partial charge < -0.3 is 20.4 Å². The molecule has 0 aromatic heterocycles. The number of rotatable bonds is 9. The summed E-state index contributed by atoms with van der Waals surface area (Å²) in [5, 5.41) is 35.7. The van der Waals surface area contributed by atoms with Crippen LogP contribution >= 0.6 is 0 Å². The maximum atomic E-state index is 10.1. The number of carbonyl (C=O) groups is 1. The van der Waals surface area contributed by atoms with Gasteiger partial charge in [-0.2, -0.15) is 0 Å². The van der Waals surface area contributed by atoms with Crippen LogP contribution in [0.3, 0.4) is 0 Å². The number of aliphatic carboxylic acids is 1. The van der Waals surface area contributed by atoms with Crippen LogP contribution < -0.4 is 0 Å². The molecule has 0 aliphatic heterocycles. The molecule has 5 nitrogen and oxygen atoms in total. The summed E-state index contributed by atoms with van der Waals surface area (Å²) in [5.74, 6) is -0.998. The van der Waals surface area contributed by atoms with Crippen LogP contribution in [0.1, 0.15) is 25.7 Å². The third-order valence-electron chi connectivity index (χ3n) is 2.16. The Hall–Kier alpha value is -1.17. The maximum Gasteiger partial charge on any atom is 0.328 e. The topological polar surface area (TPSA) is 98.0 Å². The van der Waals surface area contributed by atoms with Crippen molar-refractivity contribution >= 4 is 5.97 Å². The fraction of sp³-hybridized carbons (Fsp3) is 0.583. The number of carboxylic acid groups (broad SMARTS) is 1. The van der Waals surface area contributed by atoms with E-state index in [1.54, 1.807) is 12.2 Å². The monoisotopic (exact) mass is 244 g/mol. The zero-order chi connectivity index (χ0) is 13.1. The summed E-state index contributed by atoms with van der Waals surface area (Å²) in [6, 6.07) is 0. The molecule has 0 saturated heterocycles. The summed E-state index contributed by atoms with van der Waals surface area (Å²) in [6.45, 7) is -0.0895. The lowest BCUT2D eigenvalue weighted by Crippen LogP contribution is -2.18. The highest BCUT2D eigenvalue weighted by atomic mass is 16.4. The first-order valence-electron chi connectivity index (χ1n) is 5.59. The van der Waals surface area contributed by atoms with E-state index in [-0.39, 0.29) is 19.4 Å². The fourth-order valence-corrected chi connectivity index (χ4v) is 1.30. The first-order valence-corrected chi connectivity index (χ1v) is 5.59. The summed E-state index contributed by atoms with van der Waals surface area (Å²) in [7, 11) is 0. The van der Waals surface area contributed by atoms with Crippen LogP contribution in [0.5, 0.6) is 0 Å². The Morgan fingerprint density at radius 3 is 2.35 bits per heavy atom. The predicted molar refractivity (Wildman–Crippen MR) is 63.5 cm³/mol. The summed E-state index contributed by atoms with van der Waals surface area (Å²) in [4.78, 5) is 10.1. The molecule has 0 aromatic rings. The van der Waals surface area contributed by atoms with Crippen LogP contribution in [-0.2, 0) is 4.79 Å². The van der Waals surface area contributed by atoms with Crippen molar-refractivity contribution in [3.05, 3.63) is 24.3 Å². The zero-order valence-corrected chi connectivity index (χ0v) is 9.70. The SMILES string of the molecule is O=C(O)C=CC=CCCC(O)CC(O)CCO. The smallest absolute Gasteiger partial charge is 0.328 e. The van der Waals surface area contributed by atoms with E-state index < -0.39 is 18.2 Å². The van der Waals surface area contributed by atoms with Gasteiger partial charge in [0.05, 0.1) is 12.2 Å². The van der Waals surface area contributed by atoms with Gasteiger partial charge in [0.25, 0.3) is 0 Å². The van der Waals surface area contributed by atoms with Gasteiger partial charge in [-0.25, -0.2) is 4.79 Å². The largest absolute Gasteiger partial charge is 0.478 e. The first-order chi connectivity index (χ1) is 8.06. The van der Waals surface area contributed by atoms with E-state index in [0.29, 0.717) is 12.8 Å². The second-order valence-corrected chi connectivity index (χ2v) is 3.76. The highest BCUT2D eigenvalue weighted by Crippen LogP contribution is 2.08. The summed E-state index contributed by atoms with van der Waals surface area (Å²) in [5.41, 5.74) is 0. The highest BCUT2D eigenvalue weighted by molar-refractivity contribution is 5.80. The van der Waals surface area contributed by atoms with Gasteiger partial charge in [-0.3, -0.25) is 0 Å². The van der Waals surface area contributed by atoms with E-state index in [2.05, 4.69) is 0 Å². The van der Waals surface area contributed by atoms with Crippen molar-refractivity contribution < 1.29 is 25.2 Å². The van der Waals surface area contributed by atoms with Crippen LogP contribution in [0.25, 0.3) is 0 Å². The minimum atomic E-state index is -0.998. The maximum absolute atomic E-state index is 10.1. The zero-order valence-electron chi connectivity index (χ0n) is 9.70. The van der Waals surface area contributed by atoms with Crippen molar-refractivity contribution in [1.29, 1.82) is 0 Å². The van der Waals surface area contributed by atoms with Crippen molar-refractivity contribution in [3.63, 3.8) is 0 Å². The van der Waals surface area contributed by atoms with Gasteiger partial charge in [0.1, 0.15) is 0 Å². The number of aliphatic hydroxyl groups excluding tert-OH is 3. The number of aliphatic hydroxyl groups is 3. The number of allylic oxidation sites excluding steroid dienone is 3. The molecule has 0 aliphatic carbocycles. The first kappa shape index (κ1) is 15.8. The molecule has 0 aromatic carbocycles. The van der Waals surface area contributed by atoms with E-state index in [4.69, 9.17) is 10.2 Å². The van der Waals surface area contributed by atoms with E-state index in [0.717, 1.165) is 6.08 Å². The molecule has 0 radical (unpaired) electrons. The van der Waals surface area contributed by atoms with Crippen LogP contribution in [0.2, 0.25) is 0 Å². The Balaban J connectivity index is 3.63. The normalized spacial score (nSPS) is 15.5. The van der Waals surface area contributed by atoms with Crippen molar-refractivity contribution in [1.82, 2.24) is 0 Å². The fourth-order valence-electron chi connectivity index (χ4n) is 1.30. The molecule has 0 heterocycles. The molecule has 0 amide bonds. The Labute approximate surface area is 101 Å². The lowest BCUT2D eigenvalue weighted by molar-refractivity contribution is -0.131. The molecule has 5 heteroatoms. The van der Waals surface area contributed by atoms with E-state index in [9.17, 15) is 15.0 Å². The highest BCUT2D eigenvalue weighted by Gasteiger charge is 2.10. The molecule has 98 valence electrons. The van der Waals surface area contributed by atoms with Gasteiger partial charge in [-0.05, 0) is 25.7 Å². The lowest BCUT2D eigenvalue weighted by atomic mass is 10.1. The molecule has 0 aliphatic rings. The Bertz CT molecular complexity index is 260. The standard InChI is InChI=1S/C12H20O5/c13-8-7-11(15)9-10(14)5-3-1-2-4-6-12(16)17/h1-2,4,6,10-11,13-15H,3,5,7-9H2,(H,16,17). The molecule has 0 rings (SSSR count). The summed E-state index contributed by atoms with van der Waals surface area (Å²) >= 11 is 0.